The molecule has 120 valence electrons. The highest BCUT2D eigenvalue weighted by Crippen LogP contribution is 2.23. The Morgan fingerprint density at radius 2 is 2.13 bits per heavy atom. The second kappa shape index (κ2) is 6.21. The number of H-pyrrole nitrogens is 1. The van der Waals surface area contributed by atoms with Crippen molar-refractivity contribution >= 4 is 11.9 Å². The molecule has 1 atom stereocenters. The second-order valence-corrected chi connectivity index (χ2v) is 5.48. The Morgan fingerprint density at radius 1 is 1.39 bits per heavy atom. The van der Waals surface area contributed by atoms with Crippen molar-refractivity contribution in [1.82, 2.24) is 14.9 Å². The number of hydrogen-bond donors (Lipinski definition) is 2. The van der Waals surface area contributed by atoms with Gasteiger partial charge in [-0.2, -0.15) is 0 Å². The summed E-state index contributed by atoms with van der Waals surface area (Å²) in [5.74, 6) is -1.25. The molecule has 0 saturated carbocycles. The van der Waals surface area contributed by atoms with Gasteiger partial charge in [0.05, 0.1) is 30.4 Å². The molecule has 0 unspecified atom stereocenters. The molecule has 23 heavy (non-hydrogen) atoms. The third kappa shape index (κ3) is 3.09. The number of carbonyl (C=O) groups is 2. The van der Waals surface area contributed by atoms with Gasteiger partial charge in [-0.15, -0.1) is 0 Å². The van der Waals surface area contributed by atoms with E-state index in [1.807, 2.05) is 4.90 Å². The summed E-state index contributed by atoms with van der Waals surface area (Å²) in [6, 6.07) is 6.27. The molecule has 0 spiro atoms. The van der Waals surface area contributed by atoms with Crippen LogP contribution in [-0.4, -0.2) is 45.1 Å². The Kier molecular flexibility index (Phi) is 4.12. The molecule has 0 bridgehead atoms. The van der Waals surface area contributed by atoms with Gasteiger partial charge in [-0.05, 0) is 17.7 Å². The first-order valence-corrected chi connectivity index (χ1v) is 7.23. The topological polar surface area (TPSA) is 95.5 Å². The maximum Gasteiger partial charge on any atom is 0.335 e. The van der Waals surface area contributed by atoms with Crippen LogP contribution in [0.1, 0.15) is 27.3 Å². The van der Waals surface area contributed by atoms with E-state index in [1.165, 1.54) is 7.11 Å². The number of esters is 1. The number of carbonyl (C=O) groups excluding carboxylic acids is 1. The maximum absolute atomic E-state index is 12.1. The van der Waals surface area contributed by atoms with Crippen molar-refractivity contribution in [3.63, 3.8) is 0 Å². The van der Waals surface area contributed by atoms with Gasteiger partial charge in [0.2, 0.25) is 0 Å². The molecule has 0 saturated heterocycles. The number of fused-ring (bicyclic) bond motifs is 1. The zero-order valence-electron chi connectivity index (χ0n) is 12.7. The van der Waals surface area contributed by atoms with Crippen LogP contribution in [-0.2, 0) is 29.0 Å². The highest BCUT2D eigenvalue weighted by atomic mass is 16.5. The van der Waals surface area contributed by atoms with E-state index < -0.39 is 12.0 Å². The van der Waals surface area contributed by atoms with Crippen molar-refractivity contribution in [2.24, 2.45) is 0 Å². The van der Waals surface area contributed by atoms with Gasteiger partial charge in [0.1, 0.15) is 6.04 Å². The van der Waals surface area contributed by atoms with Crippen molar-refractivity contribution in [3.05, 3.63) is 53.1 Å². The lowest BCUT2D eigenvalue weighted by Crippen LogP contribution is -2.45. The molecule has 3 rings (SSSR count). The molecule has 0 amide bonds. The van der Waals surface area contributed by atoms with Crippen molar-refractivity contribution < 1.29 is 19.4 Å². The molecule has 7 heteroatoms. The van der Waals surface area contributed by atoms with E-state index in [1.54, 1.807) is 30.6 Å². The SMILES string of the molecule is COC(=O)[C@@H]1Cc2nc[nH]c2CN1Cc1ccc(C(=O)O)cc1. The Bertz CT molecular complexity index is 723. The van der Waals surface area contributed by atoms with Gasteiger partial charge in [0.15, 0.2) is 0 Å². The van der Waals surface area contributed by atoms with Crippen molar-refractivity contribution in [1.29, 1.82) is 0 Å². The minimum Gasteiger partial charge on any atom is -0.478 e. The number of aromatic nitrogens is 2. The van der Waals surface area contributed by atoms with E-state index >= 15 is 0 Å². The zero-order valence-corrected chi connectivity index (χ0v) is 12.7. The van der Waals surface area contributed by atoms with Crippen molar-refractivity contribution in [2.45, 2.75) is 25.6 Å². The van der Waals surface area contributed by atoms with E-state index in [0.29, 0.717) is 19.5 Å². The summed E-state index contributed by atoms with van der Waals surface area (Å²) in [6.07, 6.45) is 2.13. The van der Waals surface area contributed by atoms with Gasteiger partial charge in [-0.3, -0.25) is 9.69 Å². The van der Waals surface area contributed by atoms with E-state index in [2.05, 4.69) is 9.97 Å². The number of benzene rings is 1. The fourth-order valence-corrected chi connectivity index (χ4v) is 2.81. The molecular formula is C16H17N3O4. The Balaban J connectivity index is 1.81. The van der Waals surface area contributed by atoms with Crippen LogP contribution in [0.25, 0.3) is 0 Å². The molecule has 2 N–H and O–H groups in total. The number of hydrogen-bond acceptors (Lipinski definition) is 5. The number of rotatable bonds is 4. The number of carboxylic acids is 1. The standard InChI is InChI=1S/C16H17N3O4/c1-23-16(22)14-6-12-13(18-9-17-12)8-19(14)7-10-2-4-11(5-3-10)15(20)21/h2-5,9,14H,6-8H2,1H3,(H,17,18)(H,20,21)/t14-/m0/s1. The summed E-state index contributed by atoms with van der Waals surface area (Å²) in [5.41, 5.74) is 3.06. The smallest absolute Gasteiger partial charge is 0.335 e. The molecule has 2 heterocycles. The zero-order chi connectivity index (χ0) is 16.4. The minimum absolute atomic E-state index is 0.243. The summed E-state index contributed by atoms with van der Waals surface area (Å²) in [5, 5.41) is 8.95. The number of carboxylic acid groups (broad SMARTS) is 1. The molecule has 1 aliphatic heterocycles. The Labute approximate surface area is 132 Å². The van der Waals surface area contributed by atoms with E-state index in [4.69, 9.17) is 9.84 Å². The fourth-order valence-electron chi connectivity index (χ4n) is 2.81. The van der Waals surface area contributed by atoms with Crippen LogP contribution in [0.5, 0.6) is 0 Å². The van der Waals surface area contributed by atoms with Crippen LogP contribution in [0.3, 0.4) is 0 Å². The highest BCUT2D eigenvalue weighted by molar-refractivity contribution is 5.87. The van der Waals surface area contributed by atoms with Gasteiger partial charge >= 0.3 is 11.9 Å². The summed E-state index contributed by atoms with van der Waals surface area (Å²) in [7, 11) is 1.38. The molecule has 2 aromatic rings. The summed E-state index contributed by atoms with van der Waals surface area (Å²) in [4.78, 5) is 32.3. The number of nitrogens with one attached hydrogen (secondary N) is 1. The first kappa shape index (κ1) is 15.2. The summed E-state index contributed by atoms with van der Waals surface area (Å²) >= 11 is 0. The molecule has 0 radical (unpaired) electrons. The van der Waals surface area contributed by atoms with Crippen LogP contribution >= 0.6 is 0 Å². The van der Waals surface area contributed by atoms with Crippen LogP contribution in [0, 0.1) is 0 Å². The molecule has 0 fully saturated rings. The average Bonchev–Trinajstić information content (AvgIpc) is 3.01. The first-order chi connectivity index (χ1) is 11.1. The molecule has 7 nitrogen and oxygen atoms in total. The van der Waals surface area contributed by atoms with Gasteiger partial charge in [0.25, 0.3) is 0 Å². The number of imidazole rings is 1. The quantitative estimate of drug-likeness (QED) is 0.823. The monoisotopic (exact) mass is 315 g/mol. The Hall–Kier alpha value is -2.67. The largest absolute Gasteiger partial charge is 0.478 e. The fraction of sp³-hybridized carbons (Fsp3) is 0.312. The molecule has 1 aromatic heterocycles. The maximum atomic E-state index is 12.1. The highest BCUT2D eigenvalue weighted by Gasteiger charge is 2.33. The summed E-state index contributed by atoms with van der Waals surface area (Å²) < 4.78 is 4.90. The summed E-state index contributed by atoms with van der Waals surface area (Å²) in [6.45, 7) is 1.09. The predicted octanol–water partition coefficient (Wildman–Crippen LogP) is 1.21. The number of aromatic carboxylic acids is 1. The number of ether oxygens (including phenoxy) is 1. The van der Waals surface area contributed by atoms with Crippen molar-refractivity contribution in [3.8, 4) is 0 Å². The van der Waals surface area contributed by atoms with E-state index in [9.17, 15) is 9.59 Å². The van der Waals surface area contributed by atoms with Crippen molar-refractivity contribution in [2.75, 3.05) is 7.11 Å². The third-order valence-corrected chi connectivity index (χ3v) is 4.06. The normalized spacial score (nSPS) is 17.5. The van der Waals surface area contributed by atoms with Gasteiger partial charge in [0, 0.05) is 19.5 Å². The number of methoxy groups -OCH3 is 1. The Morgan fingerprint density at radius 3 is 2.78 bits per heavy atom. The predicted molar refractivity (Wildman–Crippen MR) is 80.7 cm³/mol. The number of nitrogens with zero attached hydrogens (tertiary/aromatic N) is 2. The third-order valence-electron chi connectivity index (χ3n) is 4.06. The van der Waals surface area contributed by atoms with Gasteiger partial charge in [-0.25, -0.2) is 9.78 Å². The molecular weight excluding hydrogens is 298 g/mol. The molecule has 1 aromatic carbocycles. The second-order valence-electron chi connectivity index (χ2n) is 5.48. The van der Waals surface area contributed by atoms with Crippen LogP contribution in [0.15, 0.2) is 30.6 Å². The van der Waals surface area contributed by atoms with Gasteiger partial charge in [-0.1, -0.05) is 12.1 Å². The lowest BCUT2D eigenvalue weighted by atomic mass is 10.0. The van der Waals surface area contributed by atoms with Crippen LogP contribution in [0.2, 0.25) is 0 Å². The lowest BCUT2D eigenvalue weighted by molar-refractivity contribution is -0.148. The number of aromatic amines is 1. The van der Waals surface area contributed by atoms with E-state index in [-0.39, 0.29) is 11.5 Å². The molecule has 1 aliphatic rings. The van der Waals surface area contributed by atoms with Crippen LogP contribution < -0.4 is 0 Å². The van der Waals surface area contributed by atoms with E-state index in [0.717, 1.165) is 17.0 Å². The minimum atomic E-state index is -0.955. The lowest BCUT2D eigenvalue weighted by Gasteiger charge is -2.33. The molecule has 0 aliphatic carbocycles. The van der Waals surface area contributed by atoms with Gasteiger partial charge < -0.3 is 14.8 Å². The van der Waals surface area contributed by atoms with Crippen LogP contribution in [0.4, 0.5) is 0 Å². The average molecular weight is 315 g/mol. The first-order valence-electron chi connectivity index (χ1n) is 7.23.